The molecular formula is C21H23F3N2O4. The highest BCUT2D eigenvalue weighted by atomic mass is 19.4. The molecule has 0 atom stereocenters. The van der Waals surface area contributed by atoms with Gasteiger partial charge in [0.05, 0.1) is 18.8 Å². The molecule has 0 unspecified atom stereocenters. The van der Waals surface area contributed by atoms with Gasteiger partial charge in [-0.15, -0.1) is 0 Å². The summed E-state index contributed by atoms with van der Waals surface area (Å²) >= 11 is 0. The lowest BCUT2D eigenvalue weighted by Gasteiger charge is -2.30. The van der Waals surface area contributed by atoms with Crippen molar-refractivity contribution in [2.75, 3.05) is 26.4 Å². The smallest absolute Gasteiger partial charge is 0.422 e. The summed E-state index contributed by atoms with van der Waals surface area (Å²) in [6, 6.07) is 6.54. The fourth-order valence-electron chi connectivity index (χ4n) is 3.20. The van der Waals surface area contributed by atoms with Crippen molar-refractivity contribution in [1.29, 1.82) is 0 Å². The van der Waals surface area contributed by atoms with Crippen LogP contribution in [0.3, 0.4) is 0 Å². The number of pyridine rings is 1. The van der Waals surface area contributed by atoms with Crippen LogP contribution in [0.5, 0.6) is 17.4 Å². The number of aromatic nitrogens is 1. The van der Waals surface area contributed by atoms with Crippen LogP contribution in [-0.4, -0.2) is 48.3 Å². The number of alkyl halides is 3. The third-order valence-electron chi connectivity index (χ3n) is 4.53. The highest BCUT2D eigenvalue weighted by molar-refractivity contribution is 5.94. The van der Waals surface area contributed by atoms with Crippen LogP contribution in [0.2, 0.25) is 0 Å². The maximum absolute atomic E-state index is 12.8. The van der Waals surface area contributed by atoms with Gasteiger partial charge in [0, 0.05) is 25.4 Å². The van der Waals surface area contributed by atoms with Crippen LogP contribution in [0.1, 0.15) is 35.3 Å². The van der Waals surface area contributed by atoms with Crippen molar-refractivity contribution in [2.24, 2.45) is 0 Å². The molecule has 1 aliphatic heterocycles. The Labute approximate surface area is 172 Å². The van der Waals surface area contributed by atoms with E-state index in [0.29, 0.717) is 44.2 Å². The number of nitrogens with zero attached hydrogens (tertiary/aromatic N) is 2. The Hall–Kier alpha value is -2.97. The monoisotopic (exact) mass is 424 g/mol. The Kier molecular flexibility index (Phi) is 6.69. The number of amides is 1. The maximum atomic E-state index is 12.8. The van der Waals surface area contributed by atoms with Crippen LogP contribution in [-0.2, 0) is 13.0 Å². The normalized spacial score (nSPS) is 13.6. The molecule has 2 aromatic rings. The first-order chi connectivity index (χ1) is 14.3. The second kappa shape index (κ2) is 9.23. The molecule has 162 valence electrons. The van der Waals surface area contributed by atoms with E-state index >= 15 is 0 Å². The van der Waals surface area contributed by atoms with Gasteiger partial charge in [-0.05, 0) is 49.6 Å². The first kappa shape index (κ1) is 21.7. The molecule has 0 saturated carbocycles. The van der Waals surface area contributed by atoms with Crippen molar-refractivity contribution >= 4 is 5.91 Å². The van der Waals surface area contributed by atoms with Gasteiger partial charge in [0.25, 0.3) is 5.91 Å². The topological polar surface area (TPSA) is 60.9 Å². The second-order valence-electron chi connectivity index (χ2n) is 6.70. The standard InChI is InChI=1S/C21H23F3N2O4/c1-3-28-17-9-14-7-8-26(12-16(14)10-18(17)29-4-2)20(27)15-5-6-19(25-11-15)30-13-21(22,23)24/h5-6,9-11H,3-4,7-8,12-13H2,1-2H3. The molecule has 6 nitrogen and oxygen atoms in total. The van der Waals surface area contributed by atoms with Gasteiger partial charge in [0.1, 0.15) is 0 Å². The molecule has 9 heteroatoms. The van der Waals surface area contributed by atoms with Crippen molar-refractivity contribution in [1.82, 2.24) is 9.88 Å². The first-order valence-electron chi connectivity index (χ1n) is 9.67. The third kappa shape index (κ3) is 5.34. The van der Waals surface area contributed by atoms with E-state index < -0.39 is 12.8 Å². The molecule has 0 spiro atoms. The van der Waals surface area contributed by atoms with Gasteiger partial charge in [0.15, 0.2) is 18.1 Å². The molecular weight excluding hydrogens is 401 g/mol. The van der Waals surface area contributed by atoms with E-state index in [9.17, 15) is 18.0 Å². The van der Waals surface area contributed by atoms with Crippen molar-refractivity contribution in [3.63, 3.8) is 0 Å². The molecule has 0 saturated heterocycles. The highest BCUT2D eigenvalue weighted by Gasteiger charge is 2.29. The average molecular weight is 424 g/mol. The number of carbonyl (C=O) groups is 1. The lowest BCUT2D eigenvalue weighted by atomic mass is 9.98. The van der Waals surface area contributed by atoms with Crippen LogP contribution in [0.15, 0.2) is 30.5 Å². The van der Waals surface area contributed by atoms with E-state index in [0.717, 1.165) is 11.1 Å². The lowest BCUT2D eigenvalue weighted by molar-refractivity contribution is -0.154. The number of fused-ring (bicyclic) bond motifs is 1. The number of ether oxygens (including phenoxy) is 3. The van der Waals surface area contributed by atoms with Gasteiger partial charge >= 0.3 is 6.18 Å². The molecule has 0 bridgehead atoms. The third-order valence-corrected chi connectivity index (χ3v) is 4.53. The maximum Gasteiger partial charge on any atom is 0.422 e. The van der Waals surface area contributed by atoms with Crippen molar-refractivity contribution in [2.45, 2.75) is 33.0 Å². The summed E-state index contributed by atoms with van der Waals surface area (Å²) in [5.41, 5.74) is 2.35. The molecule has 2 heterocycles. The van der Waals surface area contributed by atoms with Crippen LogP contribution >= 0.6 is 0 Å². The number of benzene rings is 1. The molecule has 0 aliphatic carbocycles. The Morgan fingerprint density at radius 3 is 2.30 bits per heavy atom. The Morgan fingerprint density at radius 2 is 1.73 bits per heavy atom. The summed E-state index contributed by atoms with van der Waals surface area (Å²) in [5, 5.41) is 0. The van der Waals surface area contributed by atoms with Crippen LogP contribution < -0.4 is 14.2 Å². The summed E-state index contributed by atoms with van der Waals surface area (Å²) in [7, 11) is 0. The van der Waals surface area contributed by atoms with E-state index in [4.69, 9.17) is 9.47 Å². The van der Waals surface area contributed by atoms with Gasteiger partial charge in [-0.2, -0.15) is 13.2 Å². The molecule has 1 aromatic heterocycles. The summed E-state index contributed by atoms with van der Waals surface area (Å²) in [4.78, 5) is 18.3. The molecule has 3 rings (SSSR count). The highest BCUT2D eigenvalue weighted by Crippen LogP contribution is 2.34. The minimum atomic E-state index is -4.44. The summed E-state index contributed by atoms with van der Waals surface area (Å²) in [5.74, 6) is 0.900. The number of carbonyl (C=O) groups excluding carboxylic acids is 1. The molecule has 0 radical (unpaired) electrons. The number of rotatable bonds is 7. The van der Waals surface area contributed by atoms with Crippen molar-refractivity contribution in [3.05, 3.63) is 47.2 Å². The zero-order chi connectivity index (χ0) is 21.7. The molecule has 30 heavy (non-hydrogen) atoms. The SMILES string of the molecule is CCOc1cc2c(cc1OCC)CN(C(=O)c1ccc(OCC(F)(F)F)nc1)CC2. The minimum absolute atomic E-state index is 0.183. The Bertz CT molecular complexity index is 885. The van der Waals surface area contributed by atoms with Gasteiger partial charge in [-0.3, -0.25) is 4.79 Å². The average Bonchev–Trinajstić information content (AvgIpc) is 2.72. The molecule has 1 amide bonds. The minimum Gasteiger partial charge on any atom is -0.490 e. The second-order valence-corrected chi connectivity index (χ2v) is 6.70. The largest absolute Gasteiger partial charge is 0.490 e. The summed E-state index contributed by atoms with van der Waals surface area (Å²) < 4.78 is 52.6. The Morgan fingerprint density at radius 1 is 1.07 bits per heavy atom. The molecule has 1 aromatic carbocycles. The Balaban J connectivity index is 1.71. The summed E-state index contributed by atoms with van der Waals surface area (Å²) in [6.45, 7) is 4.30. The van der Waals surface area contributed by atoms with Crippen LogP contribution in [0.25, 0.3) is 0 Å². The van der Waals surface area contributed by atoms with Gasteiger partial charge in [0.2, 0.25) is 5.88 Å². The molecule has 1 aliphatic rings. The lowest BCUT2D eigenvalue weighted by Crippen LogP contribution is -2.36. The fourth-order valence-corrected chi connectivity index (χ4v) is 3.20. The van der Waals surface area contributed by atoms with Crippen molar-refractivity contribution in [3.8, 4) is 17.4 Å². The zero-order valence-electron chi connectivity index (χ0n) is 16.8. The van der Waals surface area contributed by atoms with Crippen molar-refractivity contribution < 1.29 is 32.2 Å². The number of halogens is 3. The fraction of sp³-hybridized carbons (Fsp3) is 0.429. The van der Waals surface area contributed by atoms with E-state index in [-0.39, 0.29) is 17.4 Å². The predicted octanol–water partition coefficient (Wildman–Crippen LogP) is 4.02. The van der Waals surface area contributed by atoms with Gasteiger partial charge in [-0.25, -0.2) is 4.98 Å². The predicted molar refractivity (Wildman–Crippen MR) is 103 cm³/mol. The van der Waals surface area contributed by atoms with E-state index in [1.807, 2.05) is 26.0 Å². The molecule has 0 fully saturated rings. The van der Waals surface area contributed by atoms with E-state index in [1.54, 1.807) is 4.90 Å². The zero-order valence-corrected chi connectivity index (χ0v) is 16.8. The van der Waals surface area contributed by atoms with Crippen LogP contribution in [0.4, 0.5) is 13.2 Å². The van der Waals surface area contributed by atoms with E-state index in [2.05, 4.69) is 9.72 Å². The van der Waals surface area contributed by atoms with Crippen LogP contribution in [0, 0.1) is 0 Å². The van der Waals surface area contributed by atoms with Gasteiger partial charge < -0.3 is 19.1 Å². The number of hydrogen-bond acceptors (Lipinski definition) is 5. The molecule has 0 N–H and O–H groups in total. The quantitative estimate of drug-likeness (QED) is 0.672. The van der Waals surface area contributed by atoms with E-state index in [1.165, 1.54) is 18.3 Å². The summed E-state index contributed by atoms with van der Waals surface area (Å²) in [6.07, 6.45) is -2.55. The number of hydrogen-bond donors (Lipinski definition) is 0. The van der Waals surface area contributed by atoms with Gasteiger partial charge in [-0.1, -0.05) is 0 Å². The first-order valence-corrected chi connectivity index (χ1v) is 9.67.